The molecule has 1 atom stereocenters. The standard InChI is InChI=1S/C22H31N5O4/c1-14-5-8-26(13-14)20(29)16-12-23-27-17(11-18(28)24-19(16)27)15-6-9-25(10-7-15)21(30)31-22(2,3)4/h11-12,14-15H,5-10,13H2,1-4H3,(H,24,28)/t14-/m1/s1. The molecule has 2 amide bonds. The number of ether oxygens (including phenoxy) is 1. The van der Waals surface area contributed by atoms with Gasteiger partial charge < -0.3 is 19.5 Å². The second-order valence-corrected chi connectivity index (χ2v) is 9.76. The molecular formula is C22H31N5O4. The van der Waals surface area contributed by atoms with E-state index in [1.54, 1.807) is 21.7 Å². The van der Waals surface area contributed by atoms with Gasteiger partial charge in [-0.25, -0.2) is 9.31 Å². The molecule has 9 nitrogen and oxygen atoms in total. The molecule has 0 radical (unpaired) electrons. The first-order chi connectivity index (χ1) is 14.6. The number of carbonyl (C=O) groups excluding carboxylic acids is 2. The van der Waals surface area contributed by atoms with Crippen LogP contribution >= 0.6 is 0 Å². The predicted octanol–water partition coefficient (Wildman–Crippen LogP) is 2.62. The number of piperidine rings is 1. The molecule has 2 saturated heterocycles. The second-order valence-electron chi connectivity index (χ2n) is 9.76. The van der Waals surface area contributed by atoms with Crippen molar-refractivity contribution in [3.05, 3.63) is 33.9 Å². The number of nitrogens with one attached hydrogen (secondary N) is 1. The maximum absolute atomic E-state index is 13.0. The van der Waals surface area contributed by atoms with Crippen LogP contribution in [0.25, 0.3) is 5.65 Å². The average molecular weight is 430 g/mol. The van der Waals surface area contributed by atoms with Crippen molar-refractivity contribution in [3.63, 3.8) is 0 Å². The second kappa shape index (κ2) is 8.01. The Bertz CT molecular complexity index is 1040. The smallest absolute Gasteiger partial charge is 0.410 e. The number of carbonyl (C=O) groups is 2. The van der Waals surface area contributed by atoms with Crippen LogP contribution in [0, 0.1) is 5.92 Å². The number of hydrogen-bond donors (Lipinski definition) is 1. The first-order valence-electron chi connectivity index (χ1n) is 11.0. The van der Waals surface area contributed by atoms with E-state index in [0.29, 0.717) is 43.1 Å². The van der Waals surface area contributed by atoms with Crippen molar-refractivity contribution in [2.75, 3.05) is 26.2 Å². The van der Waals surface area contributed by atoms with Gasteiger partial charge in [-0.1, -0.05) is 6.92 Å². The Kier molecular flexibility index (Phi) is 5.53. The van der Waals surface area contributed by atoms with Gasteiger partial charge in [0.2, 0.25) is 0 Å². The van der Waals surface area contributed by atoms with E-state index in [2.05, 4.69) is 17.0 Å². The van der Waals surface area contributed by atoms with Crippen molar-refractivity contribution >= 4 is 17.6 Å². The Morgan fingerprint density at radius 1 is 1.13 bits per heavy atom. The zero-order valence-corrected chi connectivity index (χ0v) is 18.7. The Labute approximate surface area is 181 Å². The number of likely N-dealkylation sites (tertiary alicyclic amines) is 2. The van der Waals surface area contributed by atoms with E-state index >= 15 is 0 Å². The number of aromatic amines is 1. The zero-order chi connectivity index (χ0) is 22.3. The highest BCUT2D eigenvalue weighted by Crippen LogP contribution is 2.29. The summed E-state index contributed by atoms with van der Waals surface area (Å²) < 4.78 is 7.15. The molecule has 2 aliphatic heterocycles. The number of amides is 2. The molecule has 1 N–H and O–H groups in total. The van der Waals surface area contributed by atoms with Crippen molar-refractivity contribution in [2.24, 2.45) is 5.92 Å². The SMILES string of the molecule is C[C@@H]1CCN(C(=O)c2cnn3c(C4CCN(C(=O)OC(C)(C)C)CC4)cc(=O)[nH]c23)C1. The molecule has 0 aromatic carbocycles. The molecule has 2 aliphatic rings. The summed E-state index contributed by atoms with van der Waals surface area (Å²) in [6.45, 7) is 10.2. The lowest BCUT2D eigenvalue weighted by atomic mass is 9.93. The number of H-pyrrole nitrogens is 1. The molecule has 0 bridgehead atoms. The molecule has 9 heteroatoms. The topological polar surface area (TPSA) is 100 Å². The molecule has 0 saturated carbocycles. The lowest BCUT2D eigenvalue weighted by Crippen LogP contribution is -2.41. The van der Waals surface area contributed by atoms with Crippen molar-refractivity contribution in [2.45, 2.75) is 58.5 Å². The molecule has 2 aromatic rings. The maximum Gasteiger partial charge on any atom is 0.410 e. The van der Waals surface area contributed by atoms with Gasteiger partial charge in [0, 0.05) is 38.2 Å². The fourth-order valence-electron chi connectivity index (χ4n) is 4.43. The van der Waals surface area contributed by atoms with Crippen LogP contribution in [0.1, 0.15) is 68.9 Å². The highest BCUT2D eigenvalue weighted by atomic mass is 16.6. The summed E-state index contributed by atoms with van der Waals surface area (Å²) in [4.78, 5) is 44.1. The molecule has 31 heavy (non-hydrogen) atoms. The van der Waals surface area contributed by atoms with Crippen LogP contribution in [0.4, 0.5) is 4.79 Å². The number of nitrogens with zero attached hydrogens (tertiary/aromatic N) is 4. The summed E-state index contributed by atoms with van der Waals surface area (Å²) in [7, 11) is 0. The van der Waals surface area contributed by atoms with Gasteiger partial charge in [0.1, 0.15) is 16.8 Å². The Morgan fingerprint density at radius 3 is 2.42 bits per heavy atom. The largest absolute Gasteiger partial charge is 0.444 e. The van der Waals surface area contributed by atoms with E-state index in [-0.39, 0.29) is 23.5 Å². The minimum absolute atomic E-state index is 0.0677. The van der Waals surface area contributed by atoms with Crippen LogP contribution < -0.4 is 5.56 Å². The van der Waals surface area contributed by atoms with Crippen LogP contribution in [0.2, 0.25) is 0 Å². The third-order valence-electron chi connectivity index (χ3n) is 6.04. The highest BCUT2D eigenvalue weighted by Gasteiger charge is 2.31. The fraction of sp³-hybridized carbons (Fsp3) is 0.636. The van der Waals surface area contributed by atoms with E-state index in [1.807, 2.05) is 25.7 Å². The normalized spacial score (nSPS) is 20.5. The molecule has 2 fully saturated rings. The fourth-order valence-corrected chi connectivity index (χ4v) is 4.43. The quantitative estimate of drug-likeness (QED) is 0.791. The molecule has 0 spiro atoms. The van der Waals surface area contributed by atoms with Crippen LogP contribution in [0.15, 0.2) is 17.1 Å². The summed E-state index contributed by atoms with van der Waals surface area (Å²) in [6, 6.07) is 1.56. The van der Waals surface area contributed by atoms with Crippen LogP contribution in [0.5, 0.6) is 0 Å². The molecule has 168 valence electrons. The summed E-state index contributed by atoms with van der Waals surface area (Å²) in [6.07, 6.45) is 3.63. The van der Waals surface area contributed by atoms with Gasteiger partial charge in [-0.3, -0.25) is 9.59 Å². The number of fused-ring (bicyclic) bond motifs is 1. The third-order valence-corrected chi connectivity index (χ3v) is 6.04. The summed E-state index contributed by atoms with van der Waals surface area (Å²) >= 11 is 0. The Hall–Kier alpha value is -2.84. The highest BCUT2D eigenvalue weighted by molar-refractivity contribution is 5.99. The van der Waals surface area contributed by atoms with Crippen LogP contribution in [-0.4, -0.2) is 68.2 Å². The van der Waals surface area contributed by atoms with Gasteiger partial charge in [0.05, 0.1) is 11.9 Å². The molecule has 4 rings (SSSR count). The number of hydrogen-bond acceptors (Lipinski definition) is 5. The van der Waals surface area contributed by atoms with Crippen LogP contribution in [-0.2, 0) is 4.74 Å². The van der Waals surface area contributed by atoms with Crippen molar-refractivity contribution < 1.29 is 14.3 Å². The lowest BCUT2D eigenvalue weighted by Gasteiger charge is -2.33. The van der Waals surface area contributed by atoms with E-state index in [0.717, 1.165) is 25.2 Å². The summed E-state index contributed by atoms with van der Waals surface area (Å²) in [5, 5.41) is 4.44. The van der Waals surface area contributed by atoms with Gasteiger partial charge >= 0.3 is 6.09 Å². The van der Waals surface area contributed by atoms with Gasteiger partial charge in [-0.15, -0.1) is 0 Å². The Balaban J connectivity index is 1.54. The average Bonchev–Trinajstić information content (AvgIpc) is 3.32. The predicted molar refractivity (Wildman–Crippen MR) is 115 cm³/mol. The molecular weight excluding hydrogens is 398 g/mol. The van der Waals surface area contributed by atoms with Crippen molar-refractivity contribution in [1.82, 2.24) is 24.4 Å². The van der Waals surface area contributed by atoms with Crippen LogP contribution in [0.3, 0.4) is 0 Å². The Morgan fingerprint density at radius 2 is 1.81 bits per heavy atom. The minimum Gasteiger partial charge on any atom is -0.444 e. The molecule has 0 aliphatic carbocycles. The monoisotopic (exact) mass is 429 g/mol. The third kappa shape index (κ3) is 4.45. The molecule has 2 aromatic heterocycles. The van der Waals surface area contributed by atoms with E-state index < -0.39 is 5.60 Å². The lowest BCUT2D eigenvalue weighted by molar-refractivity contribution is 0.0203. The first kappa shape index (κ1) is 21.4. The molecule has 0 unspecified atom stereocenters. The van der Waals surface area contributed by atoms with Gasteiger partial charge in [-0.2, -0.15) is 5.10 Å². The van der Waals surface area contributed by atoms with E-state index in [9.17, 15) is 14.4 Å². The van der Waals surface area contributed by atoms with Gasteiger partial charge in [-0.05, 0) is 46.0 Å². The summed E-state index contributed by atoms with van der Waals surface area (Å²) in [5.74, 6) is 0.459. The zero-order valence-electron chi connectivity index (χ0n) is 18.7. The number of aromatic nitrogens is 3. The first-order valence-corrected chi connectivity index (χ1v) is 11.0. The number of rotatable bonds is 2. The minimum atomic E-state index is -0.530. The van der Waals surface area contributed by atoms with Crippen molar-refractivity contribution in [1.29, 1.82) is 0 Å². The summed E-state index contributed by atoms with van der Waals surface area (Å²) in [5.41, 5.74) is 0.872. The van der Waals surface area contributed by atoms with E-state index in [1.165, 1.54) is 0 Å². The van der Waals surface area contributed by atoms with Gasteiger partial charge in [0.15, 0.2) is 0 Å². The van der Waals surface area contributed by atoms with E-state index in [4.69, 9.17) is 4.74 Å². The van der Waals surface area contributed by atoms with Crippen molar-refractivity contribution in [3.8, 4) is 0 Å². The van der Waals surface area contributed by atoms with Gasteiger partial charge in [0.25, 0.3) is 11.5 Å². The maximum atomic E-state index is 13.0. The molecule has 4 heterocycles.